The van der Waals surface area contributed by atoms with E-state index < -0.39 is 38.9 Å². The van der Waals surface area contributed by atoms with E-state index in [2.05, 4.69) is 0 Å². The van der Waals surface area contributed by atoms with Gasteiger partial charge >= 0.3 is 0 Å². The molecule has 2 aromatic carbocycles. The molecule has 0 fully saturated rings. The monoisotopic (exact) mass is 385 g/mol. The number of nitrogens with one attached hydrogen (secondary N) is 1. The smallest absolute Gasteiger partial charge is 0.267 e. The molecule has 0 atom stereocenters. The van der Waals surface area contributed by atoms with Crippen LogP contribution in [0, 0.1) is 18.6 Å². The van der Waals surface area contributed by atoms with Crippen molar-refractivity contribution in [2.75, 3.05) is 12.9 Å². The SMILES string of the molecule is CCOc1cc(C)ccc1Oc1cc(F)c(C(=O)NS(C)(=O)=O)cc1F. The van der Waals surface area contributed by atoms with Crippen LogP contribution < -0.4 is 14.2 Å². The number of benzene rings is 2. The van der Waals surface area contributed by atoms with Crippen molar-refractivity contribution in [3.63, 3.8) is 0 Å². The van der Waals surface area contributed by atoms with Crippen LogP contribution in [-0.4, -0.2) is 27.2 Å². The van der Waals surface area contributed by atoms with Gasteiger partial charge < -0.3 is 9.47 Å². The first-order chi connectivity index (χ1) is 12.1. The van der Waals surface area contributed by atoms with Gasteiger partial charge in [-0.25, -0.2) is 21.9 Å². The standard InChI is InChI=1S/C17H17F2NO5S/c1-4-24-16-7-10(2)5-6-14(16)25-15-9-12(18)11(8-13(15)19)17(21)20-26(3,22)23/h5-9H,4H2,1-3H3,(H,20,21). The van der Waals surface area contributed by atoms with Gasteiger partial charge in [-0.3, -0.25) is 4.79 Å². The highest BCUT2D eigenvalue weighted by Crippen LogP contribution is 2.34. The van der Waals surface area contributed by atoms with Crippen molar-refractivity contribution in [3.8, 4) is 17.2 Å². The van der Waals surface area contributed by atoms with Crippen LogP contribution in [0.2, 0.25) is 0 Å². The Bertz CT molecular complexity index is 944. The molecule has 2 rings (SSSR count). The van der Waals surface area contributed by atoms with Gasteiger partial charge in [-0.15, -0.1) is 0 Å². The van der Waals surface area contributed by atoms with E-state index in [1.54, 1.807) is 29.8 Å². The van der Waals surface area contributed by atoms with Gasteiger partial charge in [0.05, 0.1) is 18.4 Å². The lowest BCUT2D eigenvalue weighted by atomic mass is 10.2. The highest BCUT2D eigenvalue weighted by atomic mass is 32.2. The second kappa shape index (κ2) is 7.69. The fourth-order valence-electron chi connectivity index (χ4n) is 2.09. The van der Waals surface area contributed by atoms with E-state index in [0.29, 0.717) is 24.5 Å². The number of carbonyl (C=O) groups excluding carboxylic acids is 1. The number of carbonyl (C=O) groups is 1. The molecule has 0 aliphatic heterocycles. The molecular weight excluding hydrogens is 368 g/mol. The van der Waals surface area contributed by atoms with Crippen LogP contribution in [0.15, 0.2) is 30.3 Å². The number of hydrogen-bond donors (Lipinski definition) is 1. The van der Waals surface area contributed by atoms with Crippen molar-refractivity contribution >= 4 is 15.9 Å². The summed E-state index contributed by atoms with van der Waals surface area (Å²) in [6, 6.07) is 6.17. The summed E-state index contributed by atoms with van der Waals surface area (Å²) in [6.45, 7) is 3.95. The van der Waals surface area contributed by atoms with Crippen LogP contribution in [-0.2, 0) is 10.0 Å². The zero-order valence-electron chi connectivity index (χ0n) is 14.3. The van der Waals surface area contributed by atoms with Crippen molar-refractivity contribution in [2.45, 2.75) is 13.8 Å². The second-order valence-corrected chi connectivity index (χ2v) is 7.20. The van der Waals surface area contributed by atoms with Gasteiger partial charge in [-0.1, -0.05) is 6.07 Å². The van der Waals surface area contributed by atoms with Crippen LogP contribution in [0.4, 0.5) is 8.78 Å². The van der Waals surface area contributed by atoms with Crippen LogP contribution >= 0.6 is 0 Å². The Labute approximate surface area is 149 Å². The molecule has 26 heavy (non-hydrogen) atoms. The molecule has 1 amide bonds. The molecule has 0 bridgehead atoms. The van der Waals surface area contributed by atoms with Crippen molar-refractivity contribution in [1.82, 2.24) is 4.72 Å². The molecule has 0 spiro atoms. The second-order valence-electron chi connectivity index (χ2n) is 5.45. The fourth-order valence-corrected chi connectivity index (χ4v) is 2.54. The normalized spacial score (nSPS) is 11.1. The minimum Gasteiger partial charge on any atom is -0.490 e. The summed E-state index contributed by atoms with van der Waals surface area (Å²) in [5.41, 5.74) is 0.134. The fraction of sp³-hybridized carbons (Fsp3) is 0.235. The molecule has 0 aliphatic carbocycles. The first-order valence-corrected chi connectivity index (χ1v) is 9.42. The highest BCUT2D eigenvalue weighted by Gasteiger charge is 2.20. The van der Waals surface area contributed by atoms with E-state index in [9.17, 15) is 22.0 Å². The Morgan fingerprint density at radius 2 is 1.77 bits per heavy atom. The molecule has 0 radical (unpaired) electrons. The third-order valence-corrected chi connectivity index (χ3v) is 3.72. The Morgan fingerprint density at radius 1 is 1.08 bits per heavy atom. The molecule has 0 saturated heterocycles. The van der Waals surface area contributed by atoms with Crippen LogP contribution in [0.3, 0.4) is 0 Å². The van der Waals surface area contributed by atoms with Gasteiger partial charge in [-0.05, 0) is 37.6 Å². The van der Waals surface area contributed by atoms with Crippen molar-refractivity contribution in [2.24, 2.45) is 0 Å². The molecule has 1 N–H and O–H groups in total. The first kappa shape index (κ1) is 19.6. The van der Waals surface area contributed by atoms with E-state index in [1.807, 2.05) is 6.92 Å². The van der Waals surface area contributed by atoms with Crippen molar-refractivity contribution in [3.05, 3.63) is 53.1 Å². The van der Waals surface area contributed by atoms with Gasteiger partial charge in [0.25, 0.3) is 5.91 Å². The minimum absolute atomic E-state index is 0.170. The first-order valence-electron chi connectivity index (χ1n) is 7.53. The maximum Gasteiger partial charge on any atom is 0.267 e. The average Bonchev–Trinajstić information content (AvgIpc) is 2.51. The van der Waals surface area contributed by atoms with E-state index >= 15 is 0 Å². The average molecular weight is 385 g/mol. The highest BCUT2D eigenvalue weighted by molar-refractivity contribution is 7.89. The molecule has 140 valence electrons. The van der Waals surface area contributed by atoms with Gasteiger partial charge in [-0.2, -0.15) is 0 Å². The van der Waals surface area contributed by atoms with Crippen LogP contribution in [0.5, 0.6) is 17.2 Å². The molecular formula is C17H17F2NO5S. The van der Waals surface area contributed by atoms with E-state index in [4.69, 9.17) is 9.47 Å². The summed E-state index contributed by atoms with van der Waals surface area (Å²) >= 11 is 0. The Kier molecular flexibility index (Phi) is 5.81. The number of aryl methyl sites for hydroxylation is 1. The molecule has 0 aliphatic rings. The lowest BCUT2D eigenvalue weighted by molar-refractivity contribution is 0.0977. The Hall–Kier alpha value is -2.68. The van der Waals surface area contributed by atoms with Gasteiger partial charge in [0.15, 0.2) is 23.1 Å². The maximum absolute atomic E-state index is 14.2. The van der Waals surface area contributed by atoms with Gasteiger partial charge in [0.2, 0.25) is 10.0 Å². The van der Waals surface area contributed by atoms with Crippen molar-refractivity contribution < 1.29 is 31.5 Å². The number of halogens is 2. The summed E-state index contributed by atoms with van der Waals surface area (Å²) < 4.78 is 62.8. The molecule has 2 aromatic rings. The molecule has 6 nitrogen and oxygen atoms in total. The molecule has 0 aromatic heterocycles. The predicted molar refractivity (Wildman–Crippen MR) is 91.1 cm³/mol. The van der Waals surface area contributed by atoms with Gasteiger partial charge in [0, 0.05) is 6.07 Å². The van der Waals surface area contributed by atoms with Crippen LogP contribution in [0.1, 0.15) is 22.8 Å². The predicted octanol–water partition coefficient (Wildman–Crippen LogP) is 3.15. The lowest BCUT2D eigenvalue weighted by Gasteiger charge is -2.13. The summed E-state index contributed by atoms with van der Waals surface area (Å²) in [4.78, 5) is 11.7. The zero-order chi connectivity index (χ0) is 19.5. The van der Waals surface area contributed by atoms with Gasteiger partial charge in [0.1, 0.15) is 5.82 Å². The van der Waals surface area contributed by atoms with E-state index in [-0.39, 0.29) is 5.75 Å². The zero-order valence-corrected chi connectivity index (χ0v) is 15.1. The minimum atomic E-state index is -3.91. The molecule has 0 unspecified atom stereocenters. The van der Waals surface area contributed by atoms with Crippen molar-refractivity contribution in [1.29, 1.82) is 0 Å². The summed E-state index contributed by atoms with van der Waals surface area (Å²) in [5, 5.41) is 0. The molecule has 0 heterocycles. The maximum atomic E-state index is 14.2. The number of amides is 1. The molecule has 9 heteroatoms. The topological polar surface area (TPSA) is 81.7 Å². The summed E-state index contributed by atoms with van der Waals surface area (Å²) in [7, 11) is -3.91. The number of rotatable bonds is 6. The summed E-state index contributed by atoms with van der Waals surface area (Å²) in [6.07, 6.45) is 0.725. The Morgan fingerprint density at radius 3 is 2.38 bits per heavy atom. The Balaban J connectivity index is 2.36. The molecule has 0 saturated carbocycles. The number of ether oxygens (including phenoxy) is 2. The summed E-state index contributed by atoms with van der Waals surface area (Å²) in [5.74, 6) is -3.39. The largest absolute Gasteiger partial charge is 0.490 e. The number of hydrogen-bond acceptors (Lipinski definition) is 5. The van der Waals surface area contributed by atoms with E-state index in [0.717, 1.165) is 11.8 Å². The quantitative estimate of drug-likeness (QED) is 0.826. The third kappa shape index (κ3) is 4.92. The third-order valence-electron chi connectivity index (χ3n) is 3.16. The number of sulfonamides is 1. The van der Waals surface area contributed by atoms with E-state index in [1.165, 1.54) is 0 Å². The van der Waals surface area contributed by atoms with Crippen LogP contribution in [0.25, 0.3) is 0 Å². The lowest BCUT2D eigenvalue weighted by Crippen LogP contribution is -2.30.